The Morgan fingerprint density at radius 2 is 2.18 bits per heavy atom. The number of methoxy groups -OCH3 is 1. The zero-order valence-corrected chi connectivity index (χ0v) is 9.68. The molecular formula is C12H13N3O2. The summed E-state index contributed by atoms with van der Waals surface area (Å²) in [7, 11) is 1.36. The molecule has 2 rings (SSSR count). The van der Waals surface area contributed by atoms with Gasteiger partial charge in [0.2, 0.25) is 0 Å². The van der Waals surface area contributed by atoms with Gasteiger partial charge < -0.3 is 15.0 Å². The Bertz CT molecular complexity index is 561. The summed E-state index contributed by atoms with van der Waals surface area (Å²) in [5.74, 6) is 0.0779. The first kappa shape index (κ1) is 11.2. The van der Waals surface area contributed by atoms with Gasteiger partial charge in [0.15, 0.2) is 0 Å². The number of nitrogens with zero attached hydrogens (tertiary/aromatic N) is 2. The number of nitrogens with two attached hydrogens (primary N) is 1. The maximum absolute atomic E-state index is 11.5. The number of ether oxygens (including phenoxy) is 1. The topological polar surface area (TPSA) is 70.1 Å². The summed E-state index contributed by atoms with van der Waals surface area (Å²) in [6.07, 6.45) is 3.29. The monoisotopic (exact) mass is 231 g/mol. The van der Waals surface area contributed by atoms with E-state index < -0.39 is 0 Å². The van der Waals surface area contributed by atoms with Crippen molar-refractivity contribution in [3.8, 4) is 5.69 Å². The molecular weight excluding hydrogens is 218 g/mol. The average Bonchev–Trinajstić information content (AvgIpc) is 2.74. The molecule has 0 aliphatic heterocycles. The molecule has 2 aromatic rings. The first-order valence-corrected chi connectivity index (χ1v) is 5.10. The lowest BCUT2D eigenvalue weighted by Gasteiger charge is -2.06. The molecule has 1 aromatic carbocycles. The highest BCUT2D eigenvalue weighted by Gasteiger charge is 2.08. The second-order valence-electron chi connectivity index (χ2n) is 3.75. The average molecular weight is 231 g/mol. The SMILES string of the molecule is COC(=O)c1cc(C)cc(-n2cnc(N)c2)c1. The second kappa shape index (κ2) is 4.29. The Morgan fingerprint density at radius 3 is 2.76 bits per heavy atom. The van der Waals surface area contributed by atoms with Gasteiger partial charge in [0, 0.05) is 5.69 Å². The summed E-state index contributed by atoms with van der Waals surface area (Å²) in [5.41, 5.74) is 7.86. The van der Waals surface area contributed by atoms with Crippen molar-refractivity contribution in [2.75, 3.05) is 12.8 Å². The van der Waals surface area contributed by atoms with Crippen LogP contribution in [-0.4, -0.2) is 22.6 Å². The van der Waals surface area contributed by atoms with Crippen LogP contribution in [0.3, 0.4) is 0 Å². The molecule has 0 atom stereocenters. The molecule has 0 radical (unpaired) electrons. The van der Waals surface area contributed by atoms with Gasteiger partial charge in [0.25, 0.3) is 0 Å². The predicted octanol–water partition coefficient (Wildman–Crippen LogP) is 1.55. The minimum Gasteiger partial charge on any atom is -0.465 e. The quantitative estimate of drug-likeness (QED) is 0.796. The van der Waals surface area contributed by atoms with Crippen LogP contribution in [0.1, 0.15) is 15.9 Å². The van der Waals surface area contributed by atoms with E-state index >= 15 is 0 Å². The normalized spacial score (nSPS) is 10.2. The molecule has 0 saturated carbocycles. The molecule has 0 aliphatic rings. The summed E-state index contributed by atoms with van der Waals surface area (Å²) in [4.78, 5) is 15.4. The van der Waals surface area contributed by atoms with Gasteiger partial charge in [-0.1, -0.05) is 0 Å². The fourth-order valence-electron chi connectivity index (χ4n) is 1.63. The fourth-order valence-corrected chi connectivity index (χ4v) is 1.63. The highest BCUT2D eigenvalue weighted by Crippen LogP contribution is 2.15. The van der Waals surface area contributed by atoms with E-state index in [0.717, 1.165) is 11.3 Å². The third-order valence-electron chi connectivity index (χ3n) is 2.38. The Hall–Kier alpha value is -2.30. The van der Waals surface area contributed by atoms with E-state index in [1.54, 1.807) is 29.2 Å². The number of hydrogen-bond acceptors (Lipinski definition) is 4. The van der Waals surface area contributed by atoms with Crippen LogP contribution in [0.5, 0.6) is 0 Å². The van der Waals surface area contributed by atoms with Crippen LogP contribution < -0.4 is 5.73 Å². The number of nitrogen functional groups attached to an aromatic ring is 1. The van der Waals surface area contributed by atoms with Gasteiger partial charge in [-0.05, 0) is 30.7 Å². The molecule has 5 heteroatoms. The third kappa shape index (κ3) is 2.28. The van der Waals surface area contributed by atoms with Gasteiger partial charge in [-0.3, -0.25) is 0 Å². The van der Waals surface area contributed by atoms with E-state index in [4.69, 9.17) is 10.5 Å². The highest BCUT2D eigenvalue weighted by molar-refractivity contribution is 5.90. The number of esters is 1. The van der Waals surface area contributed by atoms with Crippen molar-refractivity contribution in [2.45, 2.75) is 6.92 Å². The summed E-state index contributed by atoms with van der Waals surface area (Å²) in [6.45, 7) is 1.91. The number of aromatic nitrogens is 2. The van der Waals surface area contributed by atoms with Crippen LogP contribution in [-0.2, 0) is 4.74 Å². The third-order valence-corrected chi connectivity index (χ3v) is 2.38. The van der Waals surface area contributed by atoms with Crippen molar-refractivity contribution in [2.24, 2.45) is 0 Å². The Kier molecular flexibility index (Phi) is 2.82. The first-order chi connectivity index (χ1) is 8.10. The van der Waals surface area contributed by atoms with E-state index in [0.29, 0.717) is 11.4 Å². The molecule has 0 amide bonds. The largest absolute Gasteiger partial charge is 0.465 e. The van der Waals surface area contributed by atoms with Crippen molar-refractivity contribution < 1.29 is 9.53 Å². The van der Waals surface area contributed by atoms with Gasteiger partial charge >= 0.3 is 5.97 Å². The van der Waals surface area contributed by atoms with Gasteiger partial charge in [0.1, 0.15) is 12.1 Å². The smallest absolute Gasteiger partial charge is 0.337 e. The molecule has 17 heavy (non-hydrogen) atoms. The zero-order chi connectivity index (χ0) is 12.4. The number of carbonyl (C=O) groups excluding carboxylic acids is 1. The van der Waals surface area contributed by atoms with Crippen molar-refractivity contribution in [1.29, 1.82) is 0 Å². The van der Waals surface area contributed by atoms with Crippen molar-refractivity contribution >= 4 is 11.8 Å². The number of anilines is 1. The number of hydrogen-bond donors (Lipinski definition) is 1. The number of rotatable bonds is 2. The van der Waals surface area contributed by atoms with Crippen molar-refractivity contribution in [3.05, 3.63) is 41.9 Å². The highest BCUT2D eigenvalue weighted by atomic mass is 16.5. The van der Waals surface area contributed by atoms with Gasteiger partial charge in [0.05, 0.1) is 18.9 Å². The standard InChI is InChI=1S/C12H13N3O2/c1-8-3-9(12(16)17-2)5-10(4-8)15-6-11(13)14-7-15/h3-7H,13H2,1-2H3. The van der Waals surface area contributed by atoms with Crippen molar-refractivity contribution in [3.63, 3.8) is 0 Å². The van der Waals surface area contributed by atoms with Crippen LogP contribution in [0.2, 0.25) is 0 Å². The van der Waals surface area contributed by atoms with Crippen LogP contribution in [0.15, 0.2) is 30.7 Å². The molecule has 0 spiro atoms. The van der Waals surface area contributed by atoms with Gasteiger partial charge in [-0.15, -0.1) is 0 Å². The number of carbonyl (C=O) groups is 1. The first-order valence-electron chi connectivity index (χ1n) is 5.10. The minimum absolute atomic E-state index is 0.358. The fraction of sp³-hybridized carbons (Fsp3) is 0.167. The maximum Gasteiger partial charge on any atom is 0.337 e. The Balaban J connectivity index is 2.48. The van der Waals surface area contributed by atoms with E-state index in [1.165, 1.54) is 7.11 Å². The molecule has 0 fully saturated rings. The molecule has 0 aliphatic carbocycles. The minimum atomic E-state index is -0.358. The van der Waals surface area contributed by atoms with Crippen LogP contribution in [0.4, 0.5) is 5.82 Å². The lowest BCUT2D eigenvalue weighted by molar-refractivity contribution is 0.0600. The molecule has 5 nitrogen and oxygen atoms in total. The van der Waals surface area contributed by atoms with E-state index in [9.17, 15) is 4.79 Å². The summed E-state index contributed by atoms with van der Waals surface area (Å²) in [5, 5.41) is 0. The van der Waals surface area contributed by atoms with Gasteiger partial charge in [-0.25, -0.2) is 9.78 Å². The molecule has 0 saturated heterocycles. The van der Waals surface area contributed by atoms with Crippen molar-refractivity contribution in [1.82, 2.24) is 9.55 Å². The van der Waals surface area contributed by atoms with E-state index in [2.05, 4.69) is 4.98 Å². The van der Waals surface area contributed by atoms with E-state index in [-0.39, 0.29) is 5.97 Å². The summed E-state index contributed by atoms with van der Waals surface area (Å²) in [6, 6.07) is 5.45. The Morgan fingerprint density at radius 1 is 1.41 bits per heavy atom. The lowest BCUT2D eigenvalue weighted by atomic mass is 10.1. The second-order valence-corrected chi connectivity index (χ2v) is 3.75. The Labute approximate surface area is 98.8 Å². The summed E-state index contributed by atoms with van der Waals surface area (Å²) < 4.78 is 6.46. The molecule has 2 N–H and O–H groups in total. The molecule has 1 heterocycles. The molecule has 0 unspecified atom stereocenters. The van der Waals surface area contributed by atoms with Crippen LogP contribution in [0, 0.1) is 6.92 Å². The van der Waals surface area contributed by atoms with Crippen LogP contribution in [0.25, 0.3) is 5.69 Å². The number of aryl methyl sites for hydroxylation is 1. The maximum atomic E-state index is 11.5. The zero-order valence-electron chi connectivity index (χ0n) is 9.68. The molecule has 88 valence electrons. The predicted molar refractivity (Wildman–Crippen MR) is 64.1 cm³/mol. The van der Waals surface area contributed by atoms with E-state index in [1.807, 2.05) is 13.0 Å². The lowest BCUT2D eigenvalue weighted by Crippen LogP contribution is -2.03. The van der Waals surface area contributed by atoms with Crippen LogP contribution >= 0.6 is 0 Å². The number of benzene rings is 1. The molecule has 1 aromatic heterocycles. The van der Waals surface area contributed by atoms with Gasteiger partial charge in [-0.2, -0.15) is 0 Å². The molecule has 0 bridgehead atoms. The summed E-state index contributed by atoms with van der Waals surface area (Å²) >= 11 is 0. The number of imidazole rings is 1.